The number of hydrogen-bond donors (Lipinski definition) is 3. The second kappa shape index (κ2) is 12.0. The fourth-order valence-electron chi connectivity index (χ4n) is 2.08. The van der Waals surface area contributed by atoms with Crippen LogP contribution in [0.15, 0.2) is 0 Å². The topological polar surface area (TPSA) is 92.4 Å². The summed E-state index contributed by atoms with van der Waals surface area (Å²) in [6.45, 7) is 2.67. The Hall–Kier alpha value is -0.750. The van der Waals surface area contributed by atoms with Gasteiger partial charge in [-0.1, -0.05) is 19.8 Å². The Labute approximate surface area is 126 Å². The lowest BCUT2D eigenvalue weighted by Gasteiger charge is -2.17. The summed E-state index contributed by atoms with van der Waals surface area (Å²) in [7, 11) is 0. The van der Waals surface area contributed by atoms with Crippen LogP contribution in [0.5, 0.6) is 0 Å². The number of aliphatic carboxylic acids is 1. The van der Waals surface area contributed by atoms with Crippen LogP contribution < -0.4 is 11.1 Å². The Morgan fingerprint density at radius 3 is 2.50 bits per heavy atom. The molecule has 0 aromatic carbocycles. The van der Waals surface area contributed by atoms with Crippen LogP contribution in [-0.4, -0.2) is 41.6 Å². The highest BCUT2D eigenvalue weighted by molar-refractivity contribution is 7.98. The Morgan fingerprint density at radius 2 is 1.95 bits per heavy atom. The number of rotatable bonds is 12. The van der Waals surface area contributed by atoms with E-state index in [2.05, 4.69) is 12.2 Å². The maximum absolute atomic E-state index is 11.7. The molecule has 0 saturated carbocycles. The molecule has 0 aromatic rings. The van der Waals surface area contributed by atoms with Crippen molar-refractivity contribution < 1.29 is 14.7 Å². The second-order valence-electron chi connectivity index (χ2n) is 5.05. The molecule has 6 heteroatoms. The summed E-state index contributed by atoms with van der Waals surface area (Å²) in [6.07, 6.45) is 6.41. The van der Waals surface area contributed by atoms with Crippen molar-refractivity contribution in [3.63, 3.8) is 0 Å². The molecule has 0 bridgehead atoms. The number of nitrogens with one attached hydrogen (secondary N) is 1. The van der Waals surface area contributed by atoms with Crippen LogP contribution in [0.25, 0.3) is 0 Å². The first-order valence-electron chi connectivity index (χ1n) is 7.25. The van der Waals surface area contributed by atoms with E-state index in [-0.39, 0.29) is 12.3 Å². The molecule has 0 aromatic heterocycles. The number of hydrogen-bond acceptors (Lipinski definition) is 4. The molecule has 118 valence electrons. The maximum atomic E-state index is 11.7. The van der Waals surface area contributed by atoms with Crippen LogP contribution in [0.1, 0.15) is 45.4 Å². The summed E-state index contributed by atoms with van der Waals surface area (Å²) >= 11 is 1.68. The summed E-state index contributed by atoms with van der Waals surface area (Å²) in [5, 5.41) is 11.6. The summed E-state index contributed by atoms with van der Waals surface area (Å²) in [6, 6.07) is -0.439. The first-order valence-corrected chi connectivity index (χ1v) is 8.64. The molecule has 4 N–H and O–H groups in total. The molecule has 0 fully saturated rings. The third kappa shape index (κ3) is 10.1. The van der Waals surface area contributed by atoms with Gasteiger partial charge in [0, 0.05) is 13.0 Å². The minimum Gasteiger partial charge on any atom is -0.481 e. The van der Waals surface area contributed by atoms with E-state index < -0.39 is 12.0 Å². The largest absolute Gasteiger partial charge is 0.481 e. The molecule has 20 heavy (non-hydrogen) atoms. The summed E-state index contributed by atoms with van der Waals surface area (Å²) in [5.41, 5.74) is 5.77. The van der Waals surface area contributed by atoms with E-state index in [1.165, 1.54) is 0 Å². The number of thioether (sulfide) groups is 1. The third-order valence-corrected chi connectivity index (χ3v) is 3.93. The monoisotopic (exact) mass is 304 g/mol. The van der Waals surface area contributed by atoms with E-state index in [9.17, 15) is 9.59 Å². The van der Waals surface area contributed by atoms with Gasteiger partial charge in [0.2, 0.25) is 5.91 Å². The van der Waals surface area contributed by atoms with Crippen molar-refractivity contribution in [2.24, 2.45) is 11.7 Å². The molecule has 0 saturated heterocycles. The zero-order valence-electron chi connectivity index (χ0n) is 12.6. The molecule has 5 nitrogen and oxygen atoms in total. The fraction of sp³-hybridized carbons (Fsp3) is 0.857. The molecule has 0 spiro atoms. The Kier molecular flexibility index (Phi) is 11.6. The van der Waals surface area contributed by atoms with Gasteiger partial charge in [-0.15, -0.1) is 0 Å². The second-order valence-corrected chi connectivity index (χ2v) is 6.04. The van der Waals surface area contributed by atoms with E-state index in [4.69, 9.17) is 10.8 Å². The number of carboxylic acid groups (broad SMARTS) is 1. The van der Waals surface area contributed by atoms with Gasteiger partial charge < -0.3 is 16.2 Å². The molecule has 2 atom stereocenters. The van der Waals surface area contributed by atoms with Crippen molar-refractivity contribution in [1.29, 1.82) is 0 Å². The van der Waals surface area contributed by atoms with E-state index in [0.717, 1.165) is 25.0 Å². The molecule has 1 unspecified atom stereocenters. The summed E-state index contributed by atoms with van der Waals surface area (Å²) in [4.78, 5) is 22.3. The van der Waals surface area contributed by atoms with E-state index in [0.29, 0.717) is 25.3 Å². The first kappa shape index (κ1) is 19.2. The first-order chi connectivity index (χ1) is 9.51. The Morgan fingerprint density at radius 1 is 1.25 bits per heavy atom. The van der Waals surface area contributed by atoms with Crippen LogP contribution in [0.2, 0.25) is 0 Å². The minimum absolute atomic E-state index is 0.104. The number of nitrogens with two attached hydrogens (primary N) is 1. The van der Waals surface area contributed by atoms with Crippen LogP contribution in [0.4, 0.5) is 0 Å². The number of amides is 1. The lowest BCUT2D eigenvalue weighted by molar-refractivity contribution is -0.137. The van der Waals surface area contributed by atoms with Gasteiger partial charge in [0.25, 0.3) is 0 Å². The van der Waals surface area contributed by atoms with Gasteiger partial charge >= 0.3 is 5.97 Å². The van der Waals surface area contributed by atoms with Gasteiger partial charge in [0.15, 0.2) is 0 Å². The van der Waals surface area contributed by atoms with Crippen molar-refractivity contribution in [3.8, 4) is 0 Å². The van der Waals surface area contributed by atoms with Gasteiger partial charge in [-0.25, -0.2) is 0 Å². The number of carboxylic acids is 1. The van der Waals surface area contributed by atoms with Crippen molar-refractivity contribution in [2.45, 2.75) is 51.5 Å². The van der Waals surface area contributed by atoms with Gasteiger partial charge in [-0.05, 0) is 37.2 Å². The van der Waals surface area contributed by atoms with Crippen LogP contribution in [-0.2, 0) is 9.59 Å². The highest BCUT2D eigenvalue weighted by Gasteiger charge is 2.14. The molecule has 0 rings (SSSR count). The molecule has 0 heterocycles. The summed E-state index contributed by atoms with van der Waals surface area (Å²) < 4.78 is 0. The predicted molar refractivity (Wildman–Crippen MR) is 83.9 cm³/mol. The lowest BCUT2D eigenvalue weighted by atomic mass is 9.94. The smallest absolute Gasteiger partial charge is 0.303 e. The van der Waals surface area contributed by atoms with Gasteiger partial charge in [-0.2, -0.15) is 11.8 Å². The standard InChI is InChI=1S/C14H28N2O3S/c1-3-4-11(5-6-13(17)18)7-9-16-14(19)12(15)8-10-20-2/h11-12H,3-10,15H2,1-2H3,(H,16,19)(H,17,18)/t11?,12-/m0/s1. The van der Waals surface area contributed by atoms with Crippen molar-refractivity contribution in [3.05, 3.63) is 0 Å². The molecule has 0 radical (unpaired) electrons. The molecule has 0 aliphatic heterocycles. The molecular weight excluding hydrogens is 276 g/mol. The zero-order chi connectivity index (χ0) is 15.4. The lowest BCUT2D eigenvalue weighted by Crippen LogP contribution is -2.41. The van der Waals surface area contributed by atoms with E-state index in [1.54, 1.807) is 11.8 Å². The van der Waals surface area contributed by atoms with Crippen LogP contribution in [0, 0.1) is 5.92 Å². The fourth-order valence-corrected chi connectivity index (χ4v) is 2.56. The number of carbonyl (C=O) groups excluding carboxylic acids is 1. The van der Waals surface area contributed by atoms with Crippen molar-refractivity contribution in [1.82, 2.24) is 5.32 Å². The van der Waals surface area contributed by atoms with E-state index >= 15 is 0 Å². The van der Waals surface area contributed by atoms with Crippen LogP contribution in [0.3, 0.4) is 0 Å². The molecule has 0 aliphatic rings. The summed E-state index contributed by atoms with van der Waals surface area (Å²) in [5.74, 6) is 0.381. The van der Waals surface area contributed by atoms with Gasteiger partial charge in [0.1, 0.15) is 0 Å². The van der Waals surface area contributed by atoms with Gasteiger partial charge in [-0.3, -0.25) is 9.59 Å². The minimum atomic E-state index is -0.755. The third-order valence-electron chi connectivity index (χ3n) is 3.28. The van der Waals surface area contributed by atoms with Crippen molar-refractivity contribution >= 4 is 23.6 Å². The SMILES string of the molecule is CCCC(CCNC(=O)[C@@H](N)CCSC)CCC(=O)O. The van der Waals surface area contributed by atoms with E-state index in [1.807, 2.05) is 6.26 Å². The molecule has 1 amide bonds. The number of carbonyl (C=O) groups is 2. The highest BCUT2D eigenvalue weighted by atomic mass is 32.2. The van der Waals surface area contributed by atoms with Gasteiger partial charge in [0.05, 0.1) is 6.04 Å². The normalized spacial score (nSPS) is 13.8. The Balaban J connectivity index is 3.91. The quantitative estimate of drug-likeness (QED) is 0.512. The Bertz CT molecular complexity index is 288. The molecule has 0 aliphatic carbocycles. The average molecular weight is 304 g/mol. The highest BCUT2D eigenvalue weighted by Crippen LogP contribution is 2.17. The predicted octanol–water partition coefficient (Wildman–Crippen LogP) is 1.85. The molecular formula is C14H28N2O3S. The zero-order valence-corrected chi connectivity index (χ0v) is 13.4. The maximum Gasteiger partial charge on any atom is 0.303 e. The van der Waals surface area contributed by atoms with Crippen molar-refractivity contribution in [2.75, 3.05) is 18.6 Å². The van der Waals surface area contributed by atoms with Crippen LogP contribution >= 0.6 is 11.8 Å². The average Bonchev–Trinajstić information content (AvgIpc) is 2.41.